The number of hydrogen-bond acceptors (Lipinski definition) is 2. The van der Waals surface area contributed by atoms with Crippen molar-refractivity contribution in [2.75, 3.05) is 5.32 Å². The van der Waals surface area contributed by atoms with Gasteiger partial charge in [-0.3, -0.25) is 0 Å². The molecule has 4 rings (SSSR count). The van der Waals surface area contributed by atoms with Crippen molar-refractivity contribution < 1.29 is 0 Å². The van der Waals surface area contributed by atoms with Gasteiger partial charge in [-0.25, -0.2) is 4.98 Å². The number of hydrogen-bond donors (Lipinski definition) is 1. The molecule has 2 bridgehead atoms. The van der Waals surface area contributed by atoms with Crippen LogP contribution >= 0.6 is 0 Å². The highest BCUT2D eigenvalue weighted by Crippen LogP contribution is 2.49. The van der Waals surface area contributed by atoms with E-state index in [2.05, 4.69) is 23.0 Å². The summed E-state index contributed by atoms with van der Waals surface area (Å²) in [5, 5.41) is 3.74. The maximum Gasteiger partial charge on any atom is 0.203 e. The molecule has 1 heterocycles. The van der Waals surface area contributed by atoms with E-state index in [-0.39, 0.29) is 0 Å². The van der Waals surface area contributed by atoms with Crippen LogP contribution in [0.15, 0.2) is 6.20 Å². The molecule has 3 unspecified atom stereocenters. The van der Waals surface area contributed by atoms with Crippen LogP contribution in [0.1, 0.15) is 63.5 Å². The molecule has 3 nitrogen and oxygen atoms in total. The standard InChI is InChI=1S/C18H29N3/c1-13-11-21(12-16-10-14-7-8-15(16)9-14)18(19-13)20-17-5-3-2-4-6-17/h11,14-17H,2-10,12H2,1H3,(H,19,20). The molecule has 3 aliphatic rings. The highest BCUT2D eigenvalue weighted by Gasteiger charge is 2.39. The van der Waals surface area contributed by atoms with Crippen LogP contribution in [0.25, 0.3) is 0 Å². The fourth-order valence-corrected chi connectivity index (χ4v) is 5.08. The fourth-order valence-electron chi connectivity index (χ4n) is 5.08. The van der Waals surface area contributed by atoms with E-state index in [9.17, 15) is 0 Å². The van der Waals surface area contributed by atoms with E-state index < -0.39 is 0 Å². The van der Waals surface area contributed by atoms with E-state index >= 15 is 0 Å². The summed E-state index contributed by atoms with van der Waals surface area (Å²) in [6.45, 7) is 3.32. The van der Waals surface area contributed by atoms with Gasteiger partial charge in [-0.1, -0.05) is 25.7 Å². The molecule has 3 heteroatoms. The lowest BCUT2D eigenvalue weighted by atomic mass is 9.89. The van der Waals surface area contributed by atoms with Gasteiger partial charge in [0, 0.05) is 18.8 Å². The van der Waals surface area contributed by atoms with Gasteiger partial charge in [-0.05, 0) is 56.8 Å². The quantitative estimate of drug-likeness (QED) is 0.891. The highest BCUT2D eigenvalue weighted by atomic mass is 15.2. The smallest absolute Gasteiger partial charge is 0.203 e. The van der Waals surface area contributed by atoms with E-state index in [1.54, 1.807) is 0 Å². The summed E-state index contributed by atoms with van der Waals surface area (Å²) in [6, 6.07) is 0.652. The summed E-state index contributed by atoms with van der Waals surface area (Å²) in [5.41, 5.74) is 1.16. The Labute approximate surface area is 128 Å². The fraction of sp³-hybridized carbons (Fsp3) is 0.833. The van der Waals surface area contributed by atoms with Gasteiger partial charge < -0.3 is 9.88 Å². The number of fused-ring (bicyclic) bond motifs is 2. The minimum absolute atomic E-state index is 0.652. The first kappa shape index (κ1) is 13.7. The van der Waals surface area contributed by atoms with Gasteiger partial charge in [0.1, 0.15) is 0 Å². The zero-order valence-electron chi connectivity index (χ0n) is 13.4. The number of imidazole rings is 1. The van der Waals surface area contributed by atoms with E-state index in [1.165, 1.54) is 64.3 Å². The lowest BCUT2D eigenvalue weighted by molar-refractivity contribution is 0.296. The molecule has 1 aromatic rings. The maximum absolute atomic E-state index is 4.76. The highest BCUT2D eigenvalue weighted by molar-refractivity contribution is 5.30. The third-order valence-corrected chi connectivity index (χ3v) is 6.15. The normalized spacial score (nSPS) is 32.7. The summed E-state index contributed by atoms with van der Waals surface area (Å²) >= 11 is 0. The molecule has 3 saturated carbocycles. The van der Waals surface area contributed by atoms with Crippen LogP contribution in [-0.2, 0) is 6.54 Å². The Morgan fingerprint density at radius 2 is 2.00 bits per heavy atom. The van der Waals surface area contributed by atoms with Crippen LogP contribution in [0.2, 0.25) is 0 Å². The topological polar surface area (TPSA) is 29.9 Å². The monoisotopic (exact) mass is 287 g/mol. The molecule has 0 aliphatic heterocycles. The van der Waals surface area contributed by atoms with Crippen LogP contribution in [0.4, 0.5) is 5.95 Å². The summed E-state index contributed by atoms with van der Waals surface area (Å²) in [6.07, 6.45) is 15.0. The largest absolute Gasteiger partial charge is 0.353 e. The SMILES string of the molecule is Cc1cn(CC2CC3CCC2C3)c(NC2CCCCC2)n1. The van der Waals surface area contributed by atoms with E-state index in [4.69, 9.17) is 4.98 Å². The van der Waals surface area contributed by atoms with Crippen molar-refractivity contribution in [3.05, 3.63) is 11.9 Å². The second kappa shape index (κ2) is 5.66. The molecule has 116 valence electrons. The molecule has 0 amide bonds. The summed E-state index contributed by atoms with van der Waals surface area (Å²) in [7, 11) is 0. The molecular formula is C18H29N3. The molecule has 3 fully saturated rings. The molecular weight excluding hydrogens is 258 g/mol. The van der Waals surface area contributed by atoms with Gasteiger partial charge in [0.2, 0.25) is 5.95 Å². The minimum atomic E-state index is 0.652. The Bertz CT molecular complexity index is 487. The first-order valence-electron chi connectivity index (χ1n) is 9.08. The number of nitrogens with one attached hydrogen (secondary N) is 1. The van der Waals surface area contributed by atoms with Gasteiger partial charge in [-0.15, -0.1) is 0 Å². The maximum atomic E-state index is 4.76. The number of rotatable bonds is 4. The second-order valence-electron chi connectivity index (χ2n) is 7.77. The first-order valence-corrected chi connectivity index (χ1v) is 9.08. The van der Waals surface area contributed by atoms with Gasteiger partial charge >= 0.3 is 0 Å². The van der Waals surface area contributed by atoms with Crippen molar-refractivity contribution in [2.45, 2.75) is 77.3 Å². The van der Waals surface area contributed by atoms with Crippen LogP contribution in [0.3, 0.4) is 0 Å². The number of aryl methyl sites for hydroxylation is 1. The van der Waals surface area contributed by atoms with Crippen molar-refractivity contribution in [1.82, 2.24) is 9.55 Å². The van der Waals surface area contributed by atoms with Crippen LogP contribution in [-0.4, -0.2) is 15.6 Å². The van der Waals surface area contributed by atoms with E-state index in [0.717, 1.165) is 29.4 Å². The molecule has 1 N–H and O–H groups in total. The average molecular weight is 287 g/mol. The van der Waals surface area contributed by atoms with Crippen LogP contribution < -0.4 is 5.32 Å². The van der Waals surface area contributed by atoms with Gasteiger partial charge in [0.25, 0.3) is 0 Å². The Morgan fingerprint density at radius 1 is 1.14 bits per heavy atom. The van der Waals surface area contributed by atoms with Crippen molar-refractivity contribution in [3.63, 3.8) is 0 Å². The van der Waals surface area contributed by atoms with E-state index in [1.807, 2.05) is 0 Å². The Morgan fingerprint density at radius 3 is 2.71 bits per heavy atom. The summed E-state index contributed by atoms with van der Waals surface area (Å²) in [4.78, 5) is 4.76. The van der Waals surface area contributed by atoms with Crippen molar-refractivity contribution >= 4 is 5.95 Å². The van der Waals surface area contributed by atoms with Crippen molar-refractivity contribution in [1.29, 1.82) is 0 Å². The third-order valence-electron chi connectivity index (χ3n) is 6.15. The second-order valence-corrected chi connectivity index (χ2v) is 7.77. The molecule has 0 aromatic carbocycles. The third kappa shape index (κ3) is 2.84. The Kier molecular flexibility index (Phi) is 3.68. The Hall–Kier alpha value is -0.990. The molecule has 0 saturated heterocycles. The molecule has 21 heavy (non-hydrogen) atoms. The van der Waals surface area contributed by atoms with Gasteiger partial charge in [-0.2, -0.15) is 0 Å². The minimum Gasteiger partial charge on any atom is -0.353 e. The van der Waals surface area contributed by atoms with Gasteiger partial charge in [0.15, 0.2) is 0 Å². The Balaban J connectivity index is 1.44. The molecule has 0 radical (unpaired) electrons. The average Bonchev–Trinajstić information content (AvgIpc) is 3.17. The molecule has 1 aromatic heterocycles. The predicted octanol–water partition coefficient (Wildman–Crippen LogP) is 4.37. The van der Waals surface area contributed by atoms with Gasteiger partial charge in [0.05, 0.1) is 5.69 Å². The molecule has 3 atom stereocenters. The van der Waals surface area contributed by atoms with Crippen molar-refractivity contribution in [3.8, 4) is 0 Å². The zero-order valence-corrected chi connectivity index (χ0v) is 13.4. The van der Waals surface area contributed by atoms with Crippen LogP contribution in [0, 0.1) is 24.7 Å². The van der Waals surface area contributed by atoms with Crippen LogP contribution in [0.5, 0.6) is 0 Å². The summed E-state index contributed by atoms with van der Waals surface area (Å²) in [5.74, 6) is 4.09. The lowest BCUT2D eigenvalue weighted by Gasteiger charge is -2.26. The zero-order chi connectivity index (χ0) is 14.2. The predicted molar refractivity (Wildman–Crippen MR) is 86.4 cm³/mol. The van der Waals surface area contributed by atoms with E-state index in [0.29, 0.717) is 6.04 Å². The molecule has 0 spiro atoms. The lowest BCUT2D eigenvalue weighted by Crippen LogP contribution is -2.25. The number of aromatic nitrogens is 2. The summed E-state index contributed by atoms with van der Waals surface area (Å²) < 4.78 is 2.43. The molecule has 3 aliphatic carbocycles. The van der Waals surface area contributed by atoms with Crippen molar-refractivity contribution in [2.24, 2.45) is 17.8 Å². The first-order chi connectivity index (χ1) is 10.3. The number of anilines is 1. The number of nitrogens with zero attached hydrogens (tertiary/aromatic N) is 2.